The van der Waals surface area contributed by atoms with Crippen molar-refractivity contribution in [3.05, 3.63) is 94.6 Å². The van der Waals surface area contributed by atoms with Crippen LogP contribution in [0.15, 0.2) is 72.8 Å². The second kappa shape index (κ2) is 10.3. The summed E-state index contributed by atoms with van der Waals surface area (Å²) in [5.41, 5.74) is 1.02. The summed E-state index contributed by atoms with van der Waals surface area (Å²) < 4.78 is 54.6. The van der Waals surface area contributed by atoms with Crippen molar-refractivity contribution in [1.29, 1.82) is 0 Å². The highest BCUT2D eigenvalue weighted by Gasteiger charge is 2.37. The number of hydrogen-bond acceptors (Lipinski definition) is 4. The first-order chi connectivity index (χ1) is 19.2. The second-order valence-corrected chi connectivity index (χ2v) is 11.3. The first kappa shape index (κ1) is 26.5. The van der Waals surface area contributed by atoms with Crippen LogP contribution in [-0.4, -0.2) is 59.9 Å². The van der Waals surface area contributed by atoms with Crippen LogP contribution in [0.1, 0.15) is 32.0 Å². The van der Waals surface area contributed by atoms with Crippen molar-refractivity contribution in [3.8, 4) is 11.1 Å². The molecule has 6 rings (SSSR count). The number of nitrogens with zero attached hydrogens (tertiary/aromatic N) is 2. The molecule has 0 saturated carbocycles. The Morgan fingerprint density at radius 3 is 2.20 bits per heavy atom. The molecule has 0 spiro atoms. The van der Waals surface area contributed by atoms with Crippen LogP contribution in [0.5, 0.6) is 0 Å². The number of carbonyl (C=O) groups excluding carboxylic acids is 2. The normalized spacial score (nSPS) is 17.9. The number of thiophene rings is 1. The number of alkyl halides is 3. The molecule has 0 bridgehead atoms. The quantitative estimate of drug-likeness (QED) is 0.299. The highest BCUT2D eigenvalue weighted by molar-refractivity contribution is 7.20. The zero-order valence-electron chi connectivity index (χ0n) is 21.2. The SMILES string of the molecule is O=C(c1ccccc1)N1CCC(NC2CN(C(=O)c3sc4ccc(-c5ccc(C(F)(F)F)cc5)cc4c3F)C2)C1. The Hall–Kier alpha value is -3.76. The van der Waals surface area contributed by atoms with Gasteiger partial charge in [-0.25, -0.2) is 4.39 Å². The summed E-state index contributed by atoms with van der Waals surface area (Å²) in [6, 6.07) is 19.1. The minimum Gasteiger partial charge on any atom is -0.337 e. The zero-order valence-corrected chi connectivity index (χ0v) is 22.1. The average molecular weight is 568 g/mol. The van der Waals surface area contributed by atoms with E-state index in [-0.39, 0.29) is 34.2 Å². The Kier molecular flexibility index (Phi) is 6.83. The van der Waals surface area contributed by atoms with Gasteiger partial charge in [0, 0.05) is 53.9 Å². The highest BCUT2D eigenvalue weighted by atomic mass is 32.1. The lowest BCUT2D eigenvalue weighted by atomic mass is 10.0. The maximum atomic E-state index is 15.4. The van der Waals surface area contributed by atoms with Crippen LogP contribution in [0.3, 0.4) is 0 Å². The Morgan fingerprint density at radius 1 is 0.825 bits per heavy atom. The van der Waals surface area contributed by atoms with E-state index in [1.54, 1.807) is 35.2 Å². The number of carbonyl (C=O) groups is 2. The molecule has 1 atom stereocenters. The molecule has 1 aromatic heterocycles. The molecule has 1 N–H and O–H groups in total. The summed E-state index contributed by atoms with van der Waals surface area (Å²) in [4.78, 5) is 29.2. The fourth-order valence-electron chi connectivity index (χ4n) is 5.31. The number of nitrogens with one attached hydrogen (secondary N) is 1. The third kappa shape index (κ3) is 5.09. The lowest BCUT2D eigenvalue weighted by Gasteiger charge is -2.40. The van der Waals surface area contributed by atoms with Crippen LogP contribution in [0, 0.1) is 5.82 Å². The van der Waals surface area contributed by atoms with Gasteiger partial charge < -0.3 is 15.1 Å². The van der Waals surface area contributed by atoms with Crippen molar-refractivity contribution in [2.75, 3.05) is 26.2 Å². The molecule has 3 aromatic carbocycles. The van der Waals surface area contributed by atoms with Crippen LogP contribution in [0.4, 0.5) is 17.6 Å². The zero-order chi connectivity index (χ0) is 28.0. The average Bonchev–Trinajstić information content (AvgIpc) is 3.54. The first-order valence-electron chi connectivity index (χ1n) is 13.0. The summed E-state index contributed by atoms with van der Waals surface area (Å²) in [5.74, 6) is -0.974. The smallest absolute Gasteiger partial charge is 0.337 e. The summed E-state index contributed by atoms with van der Waals surface area (Å²) >= 11 is 1.08. The van der Waals surface area contributed by atoms with E-state index in [0.29, 0.717) is 47.6 Å². The van der Waals surface area contributed by atoms with Gasteiger partial charge in [0.1, 0.15) is 4.88 Å². The van der Waals surface area contributed by atoms with Gasteiger partial charge in [0.2, 0.25) is 0 Å². The predicted molar refractivity (Wildman–Crippen MR) is 146 cm³/mol. The molecule has 0 radical (unpaired) electrons. The molecular weight excluding hydrogens is 542 g/mol. The Balaban J connectivity index is 1.07. The van der Waals surface area contributed by atoms with E-state index >= 15 is 4.39 Å². The van der Waals surface area contributed by atoms with Crippen molar-refractivity contribution in [3.63, 3.8) is 0 Å². The molecule has 3 heterocycles. The van der Waals surface area contributed by atoms with E-state index in [1.165, 1.54) is 12.1 Å². The van der Waals surface area contributed by atoms with Gasteiger partial charge in [-0.05, 0) is 53.9 Å². The van der Waals surface area contributed by atoms with Gasteiger partial charge in [-0.15, -0.1) is 11.3 Å². The standard InChI is InChI=1S/C30H25F4N3O2S/c31-26-24-14-20(18-6-9-21(10-7-18)30(32,33)34)8-11-25(24)40-27(26)29(39)37-16-23(17-37)35-22-12-13-36(15-22)28(38)19-4-2-1-3-5-19/h1-11,14,22-23,35H,12-13,15-17H2. The molecule has 10 heteroatoms. The number of halogens is 4. The fraction of sp³-hybridized carbons (Fsp3) is 0.267. The summed E-state index contributed by atoms with van der Waals surface area (Å²) in [6.07, 6.45) is -3.60. The number of amides is 2. The van der Waals surface area contributed by atoms with Crippen molar-refractivity contribution < 1.29 is 27.2 Å². The largest absolute Gasteiger partial charge is 0.416 e. The summed E-state index contributed by atoms with van der Waals surface area (Å²) in [7, 11) is 0. The maximum Gasteiger partial charge on any atom is 0.416 e. The van der Waals surface area contributed by atoms with E-state index in [9.17, 15) is 22.8 Å². The van der Waals surface area contributed by atoms with Gasteiger partial charge in [-0.2, -0.15) is 13.2 Å². The lowest BCUT2D eigenvalue weighted by Crippen LogP contribution is -2.62. The number of fused-ring (bicyclic) bond motifs is 1. The van der Waals surface area contributed by atoms with Crippen LogP contribution < -0.4 is 5.32 Å². The summed E-state index contributed by atoms with van der Waals surface area (Å²) in [6.45, 7) is 2.17. The number of benzene rings is 3. The van der Waals surface area contributed by atoms with Crippen molar-refractivity contribution in [2.45, 2.75) is 24.7 Å². The van der Waals surface area contributed by atoms with Crippen molar-refractivity contribution in [1.82, 2.24) is 15.1 Å². The number of rotatable bonds is 5. The molecule has 2 amide bonds. The molecule has 206 valence electrons. The van der Waals surface area contributed by atoms with Crippen LogP contribution in [-0.2, 0) is 6.18 Å². The van der Waals surface area contributed by atoms with Gasteiger partial charge in [0.25, 0.3) is 11.8 Å². The van der Waals surface area contributed by atoms with E-state index in [2.05, 4.69) is 5.32 Å². The molecule has 2 saturated heterocycles. The van der Waals surface area contributed by atoms with Gasteiger partial charge in [-0.3, -0.25) is 9.59 Å². The molecule has 0 aliphatic carbocycles. The van der Waals surface area contributed by atoms with Gasteiger partial charge in [-0.1, -0.05) is 36.4 Å². The first-order valence-corrected chi connectivity index (χ1v) is 13.8. The molecule has 4 aromatic rings. The molecule has 1 unspecified atom stereocenters. The molecular formula is C30H25F4N3O2S. The predicted octanol–water partition coefficient (Wildman–Crippen LogP) is 6.05. The minimum absolute atomic E-state index is 0.0111. The van der Waals surface area contributed by atoms with E-state index < -0.39 is 17.6 Å². The third-order valence-electron chi connectivity index (χ3n) is 7.50. The second-order valence-electron chi connectivity index (χ2n) is 10.2. The van der Waals surface area contributed by atoms with Crippen LogP contribution in [0.25, 0.3) is 21.2 Å². The molecule has 2 fully saturated rings. The Labute approximate surface area is 232 Å². The fourth-order valence-corrected chi connectivity index (χ4v) is 6.34. The topological polar surface area (TPSA) is 52.7 Å². The van der Waals surface area contributed by atoms with E-state index in [0.717, 1.165) is 29.9 Å². The third-order valence-corrected chi connectivity index (χ3v) is 8.64. The Morgan fingerprint density at radius 2 is 1.50 bits per heavy atom. The molecule has 2 aliphatic rings. The number of hydrogen-bond donors (Lipinski definition) is 1. The van der Waals surface area contributed by atoms with Gasteiger partial charge in [0.15, 0.2) is 5.82 Å². The van der Waals surface area contributed by atoms with Crippen molar-refractivity contribution in [2.24, 2.45) is 0 Å². The van der Waals surface area contributed by atoms with Gasteiger partial charge in [0.05, 0.1) is 5.56 Å². The maximum absolute atomic E-state index is 15.4. The molecule has 2 aliphatic heterocycles. The minimum atomic E-state index is -4.43. The lowest BCUT2D eigenvalue weighted by molar-refractivity contribution is -0.137. The highest BCUT2D eigenvalue weighted by Crippen LogP contribution is 2.36. The van der Waals surface area contributed by atoms with Crippen molar-refractivity contribution >= 4 is 33.2 Å². The van der Waals surface area contributed by atoms with E-state index in [1.807, 2.05) is 23.1 Å². The Bertz CT molecular complexity index is 1560. The van der Waals surface area contributed by atoms with Crippen LogP contribution >= 0.6 is 11.3 Å². The summed E-state index contributed by atoms with van der Waals surface area (Å²) in [5, 5.41) is 3.79. The molecule has 40 heavy (non-hydrogen) atoms. The monoisotopic (exact) mass is 567 g/mol. The van der Waals surface area contributed by atoms with Gasteiger partial charge >= 0.3 is 6.18 Å². The van der Waals surface area contributed by atoms with E-state index in [4.69, 9.17) is 0 Å². The molecule has 5 nitrogen and oxygen atoms in total. The number of likely N-dealkylation sites (tertiary alicyclic amines) is 2. The van der Waals surface area contributed by atoms with Crippen LogP contribution in [0.2, 0.25) is 0 Å².